The Hall–Kier alpha value is -0.100. The minimum Gasteiger partial charge on any atom is -0.481 e. The van der Waals surface area contributed by atoms with Crippen LogP contribution in [0.5, 0.6) is 0 Å². The summed E-state index contributed by atoms with van der Waals surface area (Å²) in [5, 5.41) is 8.56. The number of hydrogen-bond donors (Lipinski definition) is 1. The quantitative estimate of drug-likeness (QED) is 0.649. The Balaban J connectivity index is 2.25. The van der Waals surface area contributed by atoms with Crippen molar-refractivity contribution in [2.24, 2.45) is 5.92 Å². The molecule has 0 saturated carbocycles. The normalized spacial score (nSPS) is 28.2. The summed E-state index contributed by atoms with van der Waals surface area (Å²) < 4.78 is 0. The molecule has 2 unspecified atom stereocenters. The summed E-state index contributed by atoms with van der Waals surface area (Å²) in [5.74, 6) is -0.143. The second kappa shape index (κ2) is 4.71. The highest BCUT2D eigenvalue weighted by molar-refractivity contribution is 7.37. The van der Waals surface area contributed by atoms with Gasteiger partial charge in [-0.15, -0.1) is 8.58 Å². The van der Waals surface area contributed by atoms with Crippen molar-refractivity contribution in [1.82, 2.24) is 0 Å². The van der Waals surface area contributed by atoms with Crippen molar-refractivity contribution in [3.8, 4) is 0 Å². The fraction of sp³-hybridized carbons (Fsp3) is 0.875. The molecule has 0 spiro atoms. The molecule has 1 fully saturated rings. The summed E-state index contributed by atoms with van der Waals surface area (Å²) >= 11 is 0. The van der Waals surface area contributed by atoms with Crippen LogP contribution in [0.4, 0.5) is 0 Å². The molecule has 0 amide bonds. The number of carboxylic acids is 1. The fourth-order valence-corrected chi connectivity index (χ4v) is 2.97. The van der Waals surface area contributed by atoms with Crippen LogP contribution in [-0.2, 0) is 4.79 Å². The molecule has 1 saturated heterocycles. The van der Waals surface area contributed by atoms with Crippen molar-refractivity contribution >= 4 is 14.6 Å². The van der Waals surface area contributed by atoms with Crippen molar-refractivity contribution in [2.45, 2.75) is 25.7 Å². The number of carbonyl (C=O) groups is 1. The molecule has 1 aliphatic heterocycles. The van der Waals surface area contributed by atoms with Gasteiger partial charge >= 0.3 is 5.97 Å². The molecule has 0 aromatic rings. The van der Waals surface area contributed by atoms with E-state index in [0.717, 1.165) is 21.2 Å². The van der Waals surface area contributed by atoms with Crippen molar-refractivity contribution in [2.75, 3.05) is 12.3 Å². The van der Waals surface area contributed by atoms with Crippen LogP contribution in [0.3, 0.4) is 0 Å². The highest BCUT2D eigenvalue weighted by Gasteiger charge is 2.14. The summed E-state index contributed by atoms with van der Waals surface area (Å²) in [5.41, 5.74) is 0. The van der Waals surface area contributed by atoms with Gasteiger partial charge < -0.3 is 5.11 Å². The first-order chi connectivity index (χ1) is 5.29. The minimum atomic E-state index is -0.623. The molecule has 1 N–H and O–H groups in total. The summed E-state index contributed by atoms with van der Waals surface area (Å²) in [7, 11) is 1.01. The predicted octanol–water partition coefficient (Wildman–Crippen LogP) is 1.94. The standard InChI is InChI=1S/C8H15O2P/c9-8(10)5-7-3-1-2-4-11-6-7/h7,11H,1-6H2,(H,9,10). The van der Waals surface area contributed by atoms with Crippen molar-refractivity contribution < 1.29 is 9.90 Å². The third-order valence-electron chi connectivity index (χ3n) is 2.11. The number of aliphatic carboxylic acids is 1. The highest BCUT2D eigenvalue weighted by atomic mass is 31.1. The molecule has 0 bridgehead atoms. The molecule has 3 heteroatoms. The smallest absolute Gasteiger partial charge is 0.303 e. The zero-order valence-electron chi connectivity index (χ0n) is 6.68. The van der Waals surface area contributed by atoms with Crippen LogP contribution in [0.25, 0.3) is 0 Å². The Kier molecular flexibility index (Phi) is 3.85. The number of hydrogen-bond acceptors (Lipinski definition) is 1. The van der Waals surface area contributed by atoms with Gasteiger partial charge in [-0.05, 0) is 31.1 Å². The summed E-state index contributed by atoms with van der Waals surface area (Å²) in [4.78, 5) is 10.4. The molecule has 1 rings (SSSR count). The SMILES string of the molecule is O=C(O)CC1CCCCPC1. The Labute approximate surface area is 69.2 Å². The van der Waals surface area contributed by atoms with Crippen molar-refractivity contribution in [3.63, 3.8) is 0 Å². The Morgan fingerprint density at radius 1 is 1.55 bits per heavy atom. The lowest BCUT2D eigenvalue weighted by molar-refractivity contribution is -0.137. The van der Waals surface area contributed by atoms with Gasteiger partial charge in [-0.2, -0.15) is 0 Å². The maximum absolute atomic E-state index is 10.4. The van der Waals surface area contributed by atoms with E-state index in [1.807, 2.05) is 0 Å². The largest absolute Gasteiger partial charge is 0.481 e. The summed E-state index contributed by atoms with van der Waals surface area (Å²) in [6.07, 6.45) is 6.58. The highest BCUT2D eigenvalue weighted by Crippen LogP contribution is 2.28. The lowest BCUT2D eigenvalue weighted by Crippen LogP contribution is -2.08. The molecule has 0 aliphatic carbocycles. The van der Waals surface area contributed by atoms with Crippen LogP contribution in [0, 0.1) is 5.92 Å². The van der Waals surface area contributed by atoms with E-state index in [1.165, 1.54) is 19.0 Å². The van der Waals surface area contributed by atoms with Gasteiger partial charge in [0.15, 0.2) is 0 Å². The van der Waals surface area contributed by atoms with E-state index in [0.29, 0.717) is 12.3 Å². The molecule has 2 atom stereocenters. The molecule has 1 aliphatic rings. The van der Waals surface area contributed by atoms with Crippen LogP contribution in [0.1, 0.15) is 25.7 Å². The van der Waals surface area contributed by atoms with Gasteiger partial charge in [-0.25, -0.2) is 0 Å². The van der Waals surface area contributed by atoms with E-state index in [4.69, 9.17) is 5.11 Å². The minimum absolute atomic E-state index is 0.396. The molecule has 0 aromatic carbocycles. The van der Waals surface area contributed by atoms with Crippen LogP contribution in [-0.4, -0.2) is 23.4 Å². The van der Waals surface area contributed by atoms with E-state index < -0.39 is 5.97 Å². The van der Waals surface area contributed by atoms with Gasteiger partial charge in [0.2, 0.25) is 0 Å². The second-order valence-corrected chi connectivity index (χ2v) is 4.57. The summed E-state index contributed by atoms with van der Waals surface area (Å²) in [6.45, 7) is 0. The van der Waals surface area contributed by atoms with Gasteiger partial charge in [0.1, 0.15) is 0 Å². The average molecular weight is 174 g/mol. The van der Waals surface area contributed by atoms with E-state index >= 15 is 0 Å². The zero-order valence-corrected chi connectivity index (χ0v) is 7.68. The first-order valence-electron chi connectivity index (χ1n) is 4.21. The van der Waals surface area contributed by atoms with Gasteiger partial charge in [0, 0.05) is 6.42 Å². The van der Waals surface area contributed by atoms with Gasteiger partial charge in [0.05, 0.1) is 0 Å². The molecular weight excluding hydrogens is 159 g/mol. The molecule has 1 heterocycles. The van der Waals surface area contributed by atoms with Crippen LogP contribution < -0.4 is 0 Å². The molecule has 0 aromatic heterocycles. The van der Waals surface area contributed by atoms with E-state index in [-0.39, 0.29) is 0 Å². The molecule has 64 valence electrons. The topological polar surface area (TPSA) is 37.3 Å². The fourth-order valence-electron chi connectivity index (χ4n) is 1.51. The van der Waals surface area contributed by atoms with Crippen LogP contribution in [0.2, 0.25) is 0 Å². The van der Waals surface area contributed by atoms with Crippen molar-refractivity contribution in [3.05, 3.63) is 0 Å². The maximum atomic E-state index is 10.4. The summed E-state index contributed by atoms with van der Waals surface area (Å²) in [6, 6.07) is 0. The third-order valence-corrected chi connectivity index (χ3v) is 3.69. The number of carboxylic acid groups (broad SMARTS) is 1. The first kappa shape index (κ1) is 8.99. The Morgan fingerprint density at radius 3 is 3.09 bits per heavy atom. The molecule has 11 heavy (non-hydrogen) atoms. The van der Waals surface area contributed by atoms with Crippen LogP contribution in [0.15, 0.2) is 0 Å². The Morgan fingerprint density at radius 2 is 2.36 bits per heavy atom. The monoisotopic (exact) mass is 174 g/mol. The second-order valence-electron chi connectivity index (χ2n) is 3.16. The van der Waals surface area contributed by atoms with Crippen molar-refractivity contribution in [1.29, 1.82) is 0 Å². The first-order valence-corrected chi connectivity index (χ1v) is 5.63. The molecule has 2 nitrogen and oxygen atoms in total. The van der Waals surface area contributed by atoms with Gasteiger partial charge in [-0.3, -0.25) is 4.79 Å². The lowest BCUT2D eigenvalue weighted by atomic mass is 10.0. The van der Waals surface area contributed by atoms with Gasteiger partial charge in [0.25, 0.3) is 0 Å². The maximum Gasteiger partial charge on any atom is 0.303 e. The van der Waals surface area contributed by atoms with Gasteiger partial charge in [-0.1, -0.05) is 6.42 Å². The van der Waals surface area contributed by atoms with Crippen LogP contribution >= 0.6 is 8.58 Å². The van der Waals surface area contributed by atoms with E-state index in [9.17, 15) is 4.79 Å². The number of rotatable bonds is 2. The predicted molar refractivity (Wildman–Crippen MR) is 47.6 cm³/mol. The third kappa shape index (κ3) is 3.71. The zero-order chi connectivity index (χ0) is 8.10. The Bertz CT molecular complexity index is 128. The van der Waals surface area contributed by atoms with E-state index in [2.05, 4.69) is 0 Å². The lowest BCUT2D eigenvalue weighted by Gasteiger charge is -2.09. The molecular formula is C8H15O2P. The average Bonchev–Trinajstić information content (AvgIpc) is 2.14. The molecule has 0 radical (unpaired) electrons. The van der Waals surface area contributed by atoms with E-state index in [1.54, 1.807) is 0 Å².